The van der Waals surface area contributed by atoms with Gasteiger partial charge in [0.1, 0.15) is 0 Å². The molecule has 0 saturated heterocycles. The van der Waals surface area contributed by atoms with Crippen LogP contribution in [0, 0.1) is 13.8 Å². The molecule has 0 aliphatic heterocycles. The van der Waals surface area contributed by atoms with Gasteiger partial charge in [-0.15, -0.1) is 17.5 Å². The standard InChI is InChI=1S/C11H15N5.ClH/c1-7-4-9(5-12)14-15-11(7)10-6-13-16(3)8(10)2;/h4,6H,5,12H2,1-3H3;1H. The van der Waals surface area contributed by atoms with E-state index in [4.69, 9.17) is 5.73 Å². The summed E-state index contributed by atoms with van der Waals surface area (Å²) >= 11 is 0. The SMILES string of the molecule is Cc1cc(CN)nnc1-c1cnn(C)c1C.Cl. The molecule has 2 heterocycles. The third-order valence-corrected chi connectivity index (χ3v) is 2.73. The minimum absolute atomic E-state index is 0. The molecule has 2 aromatic rings. The summed E-state index contributed by atoms with van der Waals surface area (Å²) in [5, 5.41) is 12.5. The molecule has 0 unspecified atom stereocenters. The number of nitrogens with zero attached hydrogens (tertiary/aromatic N) is 4. The molecular formula is C11H16ClN5. The summed E-state index contributed by atoms with van der Waals surface area (Å²) in [6, 6.07) is 1.97. The predicted molar refractivity (Wildman–Crippen MR) is 68.8 cm³/mol. The zero-order chi connectivity index (χ0) is 11.7. The number of rotatable bonds is 2. The monoisotopic (exact) mass is 253 g/mol. The van der Waals surface area contributed by atoms with Gasteiger partial charge in [-0.05, 0) is 25.5 Å². The van der Waals surface area contributed by atoms with Gasteiger partial charge in [-0.25, -0.2) is 0 Å². The van der Waals surface area contributed by atoms with Crippen LogP contribution in [0.3, 0.4) is 0 Å². The van der Waals surface area contributed by atoms with Gasteiger partial charge in [0, 0.05) is 24.8 Å². The fourth-order valence-electron chi connectivity index (χ4n) is 1.64. The normalized spacial score (nSPS) is 10.1. The molecule has 6 heteroatoms. The van der Waals surface area contributed by atoms with Crippen molar-refractivity contribution in [3.05, 3.63) is 29.2 Å². The summed E-state index contributed by atoms with van der Waals surface area (Å²) < 4.78 is 1.83. The predicted octanol–water partition coefficient (Wildman–Crippen LogP) is 1.37. The number of aryl methyl sites for hydroxylation is 2. The van der Waals surface area contributed by atoms with Gasteiger partial charge in [0.15, 0.2) is 0 Å². The number of hydrogen-bond donors (Lipinski definition) is 1. The summed E-state index contributed by atoms with van der Waals surface area (Å²) in [6.45, 7) is 4.44. The summed E-state index contributed by atoms with van der Waals surface area (Å²) in [5.41, 5.74) is 10.4. The minimum atomic E-state index is 0. The largest absolute Gasteiger partial charge is 0.325 e. The molecule has 0 aliphatic rings. The van der Waals surface area contributed by atoms with Gasteiger partial charge in [-0.3, -0.25) is 4.68 Å². The average molecular weight is 254 g/mol. The van der Waals surface area contributed by atoms with E-state index in [1.54, 1.807) is 0 Å². The highest BCUT2D eigenvalue weighted by atomic mass is 35.5. The number of halogens is 1. The molecule has 0 fully saturated rings. The second-order valence-electron chi connectivity index (χ2n) is 3.84. The minimum Gasteiger partial charge on any atom is -0.325 e. The molecule has 0 bridgehead atoms. The lowest BCUT2D eigenvalue weighted by Crippen LogP contribution is -2.03. The first kappa shape index (κ1) is 13.6. The smallest absolute Gasteiger partial charge is 0.0993 e. The fraction of sp³-hybridized carbons (Fsp3) is 0.364. The van der Waals surface area contributed by atoms with Crippen molar-refractivity contribution < 1.29 is 0 Å². The van der Waals surface area contributed by atoms with E-state index in [0.717, 1.165) is 28.2 Å². The van der Waals surface area contributed by atoms with Crippen molar-refractivity contribution in [2.75, 3.05) is 0 Å². The van der Waals surface area contributed by atoms with Crippen LogP contribution < -0.4 is 5.73 Å². The van der Waals surface area contributed by atoms with Crippen LogP contribution in [0.4, 0.5) is 0 Å². The Morgan fingerprint density at radius 1 is 1.29 bits per heavy atom. The summed E-state index contributed by atoms with van der Waals surface area (Å²) in [6.07, 6.45) is 1.81. The molecule has 0 aliphatic carbocycles. The Morgan fingerprint density at radius 3 is 2.47 bits per heavy atom. The van der Waals surface area contributed by atoms with Crippen molar-refractivity contribution in [3.8, 4) is 11.3 Å². The Kier molecular flexibility index (Phi) is 4.20. The first-order valence-electron chi connectivity index (χ1n) is 5.15. The van der Waals surface area contributed by atoms with Crippen molar-refractivity contribution in [2.24, 2.45) is 12.8 Å². The Balaban J connectivity index is 0.00000144. The summed E-state index contributed by atoms with van der Waals surface area (Å²) in [7, 11) is 1.91. The third-order valence-electron chi connectivity index (χ3n) is 2.73. The molecule has 2 aromatic heterocycles. The van der Waals surface area contributed by atoms with Crippen LogP contribution in [0.5, 0.6) is 0 Å². The summed E-state index contributed by atoms with van der Waals surface area (Å²) in [4.78, 5) is 0. The topological polar surface area (TPSA) is 69.6 Å². The van der Waals surface area contributed by atoms with Gasteiger partial charge < -0.3 is 5.73 Å². The van der Waals surface area contributed by atoms with Crippen molar-refractivity contribution in [2.45, 2.75) is 20.4 Å². The molecule has 2 rings (SSSR count). The van der Waals surface area contributed by atoms with Gasteiger partial charge in [-0.2, -0.15) is 10.2 Å². The van der Waals surface area contributed by atoms with E-state index in [1.165, 1.54) is 0 Å². The van der Waals surface area contributed by atoms with Gasteiger partial charge in [0.05, 0.1) is 17.6 Å². The third kappa shape index (κ3) is 2.45. The lowest BCUT2D eigenvalue weighted by Gasteiger charge is -2.04. The van der Waals surface area contributed by atoms with Crippen LogP contribution in [0.25, 0.3) is 11.3 Å². The molecule has 0 radical (unpaired) electrons. The molecule has 2 N–H and O–H groups in total. The van der Waals surface area contributed by atoms with E-state index in [1.807, 2.05) is 37.8 Å². The Bertz CT molecular complexity index is 521. The van der Waals surface area contributed by atoms with Crippen LogP contribution in [0.2, 0.25) is 0 Å². The molecule has 17 heavy (non-hydrogen) atoms. The van der Waals surface area contributed by atoms with Gasteiger partial charge in [0.25, 0.3) is 0 Å². The number of hydrogen-bond acceptors (Lipinski definition) is 4. The fourth-order valence-corrected chi connectivity index (χ4v) is 1.64. The second-order valence-corrected chi connectivity index (χ2v) is 3.84. The highest BCUT2D eigenvalue weighted by Crippen LogP contribution is 2.23. The van der Waals surface area contributed by atoms with Gasteiger partial charge in [0.2, 0.25) is 0 Å². The first-order chi connectivity index (χ1) is 7.63. The van der Waals surface area contributed by atoms with E-state index < -0.39 is 0 Å². The maximum absolute atomic E-state index is 5.52. The zero-order valence-electron chi connectivity index (χ0n) is 10.1. The lowest BCUT2D eigenvalue weighted by atomic mass is 10.1. The molecule has 0 atom stereocenters. The van der Waals surface area contributed by atoms with Crippen molar-refractivity contribution in [1.82, 2.24) is 20.0 Å². The Morgan fingerprint density at radius 2 is 2.00 bits per heavy atom. The molecule has 0 saturated carbocycles. The molecule has 0 spiro atoms. The Labute approximate surface area is 106 Å². The summed E-state index contributed by atoms with van der Waals surface area (Å²) in [5.74, 6) is 0. The van der Waals surface area contributed by atoms with Crippen molar-refractivity contribution in [3.63, 3.8) is 0 Å². The average Bonchev–Trinajstić information content (AvgIpc) is 2.60. The molecule has 92 valence electrons. The second kappa shape index (κ2) is 5.25. The van der Waals surface area contributed by atoms with Crippen LogP contribution >= 0.6 is 12.4 Å². The van der Waals surface area contributed by atoms with Crippen LogP contribution in [0.1, 0.15) is 17.0 Å². The van der Waals surface area contributed by atoms with Crippen LogP contribution in [0.15, 0.2) is 12.3 Å². The van der Waals surface area contributed by atoms with E-state index >= 15 is 0 Å². The highest BCUT2D eigenvalue weighted by molar-refractivity contribution is 5.85. The van der Waals surface area contributed by atoms with Gasteiger partial charge in [-0.1, -0.05) is 0 Å². The molecule has 0 aromatic carbocycles. The molecule has 5 nitrogen and oxygen atoms in total. The van der Waals surface area contributed by atoms with E-state index in [-0.39, 0.29) is 12.4 Å². The van der Waals surface area contributed by atoms with E-state index in [0.29, 0.717) is 6.54 Å². The van der Waals surface area contributed by atoms with Crippen LogP contribution in [-0.4, -0.2) is 20.0 Å². The maximum Gasteiger partial charge on any atom is 0.0993 e. The quantitative estimate of drug-likeness (QED) is 0.878. The van der Waals surface area contributed by atoms with Crippen molar-refractivity contribution in [1.29, 1.82) is 0 Å². The maximum atomic E-state index is 5.52. The number of aromatic nitrogens is 4. The first-order valence-corrected chi connectivity index (χ1v) is 5.15. The van der Waals surface area contributed by atoms with Crippen LogP contribution in [-0.2, 0) is 13.6 Å². The Hall–Kier alpha value is -1.46. The van der Waals surface area contributed by atoms with Crippen molar-refractivity contribution >= 4 is 12.4 Å². The molecule has 0 amide bonds. The molecular weight excluding hydrogens is 238 g/mol. The number of nitrogens with two attached hydrogens (primary N) is 1. The zero-order valence-corrected chi connectivity index (χ0v) is 11.0. The van der Waals surface area contributed by atoms with E-state index in [2.05, 4.69) is 15.3 Å². The highest BCUT2D eigenvalue weighted by Gasteiger charge is 2.11. The lowest BCUT2D eigenvalue weighted by molar-refractivity contribution is 0.740. The van der Waals surface area contributed by atoms with E-state index in [9.17, 15) is 0 Å². The van der Waals surface area contributed by atoms with Gasteiger partial charge >= 0.3 is 0 Å².